The predicted octanol–water partition coefficient (Wildman–Crippen LogP) is 5.95. The molecule has 0 radical (unpaired) electrons. The molecule has 0 saturated carbocycles. The minimum atomic E-state index is -4.55. The second-order valence-corrected chi connectivity index (χ2v) is 12.0. The van der Waals surface area contributed by atoms with E-state index in [1.807, 2.05) is 11.8 Å². The van der Waals surface area contributed by atoms with Crippen molar-refractivity contribution in [2.75, 3.05) is 43.5 Å². The molecule has 46 heavy (non-hydrogen) atoms. The quantitative estimate of drug-likeness (QED) is 0.232. The van der Waals surface area contributed by atoms with Gasteiger partial charge in [0.1, 0.15) is 24.1 Å². The molecule has 3 aromatic rings. The van der Waals surface area contributed by atoms with Gasteiger partial charge >= 0.3 is 12.3 Å². The Labute approximate surface area is 265 Å². The normalized spacial score (nSPS) is 17.2. The summed E-state index contributed by atoms with van der Waals surface area (Å²) < 4.78 is 68.3. The molecule has 1 fully saturated rings. The van der Waals surface area contributed by atoms with Crippen LogP contribution in [-0.4, -0.2) is 78.7 Å². The number of hydrogen-bond donors (Lipinski definition) is 2. The molecule has 0 unspecified atom stereocenters. The SMILES string of the molecule is CCN1CC[C@@H](Nc2cccc3c2cc(C#CCN(C(=O)OC(C)(C)C)c2ccc(C(N)=O)cc2OC)n3CC(F)(F)F)[C@@H](F)C1. The van der Waals surface area contributed by atoms with Crippen LogP contribution in [0.3, 0.4) is 0 Å². The fourth-order valence-corrected chi connectivity index (χ4v) is 5.31. The van der Waals surface area contributed by atoms with Crippen molar-refractivity contribution in [2.45, 2.75) is 64.7 Å². The monoisotopic (exact) mass is 645 g/mol. The van der Waals surface area contributed by atoms with Crippen molar-refractivity contribution < 1.29 is 36.6 Å². The molecule has 2 aromatic carbocycles. The third-order valence-electron chi connectivity index (χ3n) is 7.52. The van der Waals surface area contributed by atoms with Crippen LogP contribution < -0.4 is 20.7 Å². The van der Waals surface area contributed by atoms with Crippen LogP contribution in [0, 0.1) is 11.8 Å². The zero-order valence-electron chi connectivity index (χ0n) is 26.5. The minimum Gasteiger partial charge on any atom is -0.495 e. The highest BCUT2D eigenvalue weighted by molar-refractivity contribution is 5.96. The Hall–Kier alpha value is -4.44. The molecule has 1 aliphatic heterocycles. The summed E-state index contributed by atoms with van der Waals surface area (Å²) in [6.07, 6.45) is -5.94. The van der Waals surface area contributed by atoms with Gasteiger partial charge in [-0.1, -0.05) is 18.9 Å². The number of primary amides is 1. The summed E-state index contributed by atoms with van der Waals surface area (Å²) in [5.41, 5.74) is 5.72. The molecule has 1 aliphatic rings. The highest BCUT2D eigenvalue weighted by atomic mass is 19.4. The Morgan fingerprint density at radius 2 is 1.89 bits per heavy atom. The number of methoxy groups -OCH3 is 1. The first-order valence-electron chi connectivity index (χ1n) is 14.9. The maximum absolute atomic E-state index is 15.0. The molecule has 248 valence electrons. The summed E-state index contributed by atoms with van der Waals surface area (Å²) >= 11 is 0. The number of fused-ring (bicyclic) bond motifs is 1. The standard InChI is InChI=1S/C33H39F4N5O4/c1-6-40-16-14-26(24(34)19-40)39-25-10-7-11-27-23(25)18-22(42(27)20-33(35,36)37)9-8-15-41(31(44)46-32(2,3)4)28-13-12-21(30(38)43)17-29(28)45-5/h7,10-13,17-18,24,26,39H,6,14-16,19-20H2,1-5H3,(H2,38,43)/t24-,26+/m0/s1. The number of ether oxygens (including phenoxy) is 2. The number of alkyl halides is 4. The van der Waals surface area contributed by atoms with Crippen LogP contribution in [0.25, 0.3) is 10.9 Å². The number of nitrogens with zero attached hydrogens (tertiary/aromatic N) is 3. The number of carbonyl (C=O) groups is 2. The second kappa shape index (κ2) is 13.9. The number of nitrogens with one attached hydrogen (secondary N) is 1. The third-order valence-corrected chi connectivity index (χ3v) is 7.52. The summed E-state index contributed by atoms with van der Waals surface area (Å²) in [5.74, 6) is 5.06. The smallest absolute Gasteiger partial charge is 0.415 e. The lowest BCUT2D eigenvalue weighted by Gasteiger charge is -2.35. The number of anilines is 2. The zero-order chi connectivity index (χ0) is 33.8. The van der Waals surface area contributed by atoms with Crippen molar-refractivity contribution in [3.63, 3.8) is 0 Å². The molecule has 2 atom stereocenters. The molecule has 2 heterocycles. The van der Waals surface area contributed by atoms with Crippen molar-refractivity contribution in [1.82, 2.24) is 9.47 Å². The van der Waals surface area contributed by atoms with Gasteiger partial charge < -0.3 is 30.0 Å². The zero-order valence-corrected chi connectivity index (χ0v) is 26.5. The number of piperidine rings is 1. The summed E-state index contributed by atoms with van der Waals surface area (Å²) in [6.45, 7) is 7.14. The van der Waals surface area contributed by atoms with Gasteiger partial charge in [-0.15, -0.1) is 0 Å². The molecular weight excluding hydrogens is 606 g/mol. The van der Waals surface area contributed by atoms with Crippen LogP contribution in [0.5, 0.6) is 5.75 Å². The molecule has 0 bridgehead atoms. The van der Waals surface area contributed by atoms with E-state index in [1.165, 1.54) is 31.4 Å². The van der Waals surface area contributed by atoms with Crippen LogP contribution in [0.15, 0.2) is 42.5 Å². The Bertz CT molecular complexity index is 1640. The molecular formula is C33H39F4N5O4. The molecule has 9 nitrogen and oxygen atoms in total. The highest BCUT2D eigenvalue weighted by Gasteiger charge is 2.32. The molecule has 0 aliphatic carbocycles. The Morgan fingerprint density at radius 1 is 1.15 bits per heavy atom. The highest BCUT2D eigenvalue weighted by Crippen LogP contribution is 2.33. The first-order valence-corrected chi connectivity index (χ1v) is 14.9. The topological polar surface area (TPSA) is 102 Å². The maximum atomic E-state index is 15.0. The van der Waals surface area contributed by atoms with Crippen LogP contribution in [0.2, 0.25) is 0 Å². The lowest BCUT2D eigenvalue weighted by Crippen LogP contribution is -2.47. The van der Waals surface area contributed by atoms with Gasteiger partial charge in [-0.3, -0.25) is 9.69 Å². The van der Waals surface area contributed by atoms with Crippen LogP contribution >= 0.6 is 0 Å². The van der Waals surface area contributed by atoms with Crippen molar-refractivity contribution in [3.8, 4) is 17.6 Å². The van der Waals surface area contributed by atoms with Gasteiger partial charge in [0.15, 0.2) is 0 Å². The van der Waals surface area contributed by atoms with Gasteiger partial charge in [0.05, 0.1) is 36.6 Å². The lowest BCUT2D eigenvalue weighted by molar-refractivity contribution is -0.140. The van der Waals surface area contributed by atoms with Crippen molar-refractivity contribution in [3.05, 3.63) is 53.7 Å². The summed E-state index contributed by atoms with van der Waals surface area (Å²) in [4.78, 5) is 28.2. The number of halogens is 4. The number of amides is 2. The molecule has 1 saturated heterocycles. The van der Waals surface area contributed by atoms with E-state index in [9.17, 15) is 27.2 Å². The summed E-state index contributed by atoms with van der Waals surface area (Å²) in [6, 6.07) is 10.2. The third kappa shape index (κ3) is 8.42. The van der Waals surface area contributed by atoms with Crippen molar-refractivity contribution in [1.29, 1.82) is 0 Å². The Balaban J connectivity index is 1.73. The van der Waals surface area contributed by atoms with E-state index in [0.717, 1.165) is 16.0 Å². The lowest BCUT2D eigenvalue weighted by atomic mass is 10.0. The first-order chi connectivity index (χ1) is 21.6. The number of rotatable bonds is 8. The van der Waals surface area contributed by atoms with Gasteiger partial charge in [-0.05, 0) is 76.1 Å². The van der Waals surface area contributed by atoms with E-state index in [-0.39, 0.29) is 41.3 Å². The molecule has 2 amide bonds. The second-order valence-electron chi connectivity index (χ2n) is 12.0. The van der Waals surface area contributed by atoms with Crippen LogP contribution in [0.4, 0.5) is 33.7 Å². The van der Waals surface area contributed by atoms with Gasteiger partial charge in [0, 0.05) is 29.7 Å². The summed E-state index contributed by atoms with van der Waals surface area (Å²) in [5, 5.41) is 3.69. The Morgan fingerprint density at radius 3 is 2.50 bits per heavy atom. The average Bonchev–Trinajstić information content (AvgIpc) is 3.31. The van der Waals surface area contributed by atoms with Crippen LogP contribution in [0.1, 0.15) is 50.2 Å². The predicted molar refractivity (Wildman–Crippen MR) is 169 cm³/mol. The Kier molecular flexibility index (Phi) is 10.4. The average molecular weight is 646 g/mol. The maximum Gasteiger partial charge on any atom is 0.415 e. The van der Waals surface area contributed by atoms with Gasteiger partial charge in [0.2, 0.25) is 5.91 Å². The molecule has 13 heteroatoms. The fraction of sp³-hybridized carbons (Fsp3) is 0.455. The van der Waals surface area contributed by atoms with Gasteiger partial charge in [0.25, 0.3) is 0 Å². The number of hydrogen-bond acceptors (Lipinski definition) is 6. The van der Waals surface area contributed by atoms with Crippen LogP contribution in [-0.2, 0) is 11.3 Å². The molecule has 4 rings (SSSR count). The number of carbonyl (C=O) groups excluding carboxylic acids is 2. The van der Waals surface area contributed by atoms with E-state index < -0.39 is 42.5 Å². The molecule has 3 N–H and O–H groups in total. The van der Waals surface area contributed by atoms with Gasteiger partial charge in [-0.25, -0.2) is 9.18 Å². The number of likely N-dealkylation sites (tertiary alicyclic amines) is 1. The molecule has 1 aromatic heterocycles. The van der Waals surface area contributed by atoms with E-state index in [2.05, 4.69) is 17.2 Å². The van der Waals surface area contributed by atoms with Crippen molar-refractivity contribution in [2.24, 2.45) is 5.73 Å². The van der Waals surface area contributed by atoms with Crippen molar-refractivity contribution >= 4 is 34.3 Å². The number of aromatic nitrogens is 1. The number of nitrogens with two attached hydrogens (primary N) is 1. The minimum absolute atomic E-state index is 0.0550. The van der Waals surface area contributed by atoms with E-state index >= 15 is 0 Å². The first kappa shape index (κ1) is 34.4. The van der Waals surface area contributed by atoms with E-state index in [4.69, 9.17) is 15.2 Å². The van der Waals surface area contributed by atoms with Gasteiger partial charge in [-0.2, -0.15) is 13.2 Å². The largest absolute Gasteiger partial charge is 0.495 e. The number of benzene rings is 2. The molecule has 0 spiro atoms. The van der Waals surface area contributed by atoms with E-state index in [0.29, 0.717) is 24.0 Å². The summed E-state index contributed by atoms with van der Waals surface area (Å²) in [7, 11) is 1.35. The van der Waals surface area contributed by atoms with E-state index in [1.54, 1.807) is 39.0 Å². The fourth-order valence-electron chi connectivity index (χ4n) is 5.31.